The molecule has 0 aromatic carbocycles. The van der Waals surface area contributed by atoms with Gasteiger partial charge < -0.3 is 10.1 Å². The zero-order valence-electron chi connectivity index (χ0n) is 15.8. The van der Waals surface area contributed by atoms with Crippen LogP contribution in [-0.4, -0.2) is 32.8 Å². The van der Waals surface area contributed by atoms with E-state index in [9.17, 15) is 4.79 Å². The van der Waals surface area contributed by atoms with E-state index in [1.165, 1.54) is 0 Å². The van der Waals surface area contributed by atoms with Gasteiger partial charge in [0.15, 0.2) is 5.65 Å². The Labute approximate surface area is 157 Å². The lowest BCUT2D eigenvalue weighted by Gasteiger charge is -2.11. The number of pyridine rings is 2. The van der Waals surface area contributed by atoms with Gasteiger partial charge in [-0.1, -0.05) is 6.07 Å². The van der Waals surface area contributed by atoms with Crippen molar-refractivity contribution in [2.45, 2.75) is 45.2 Å². The first-order valence-electron chi connectivity index (χ1n) is 9.22. The summed E-state index contributed by atoms with van der Waals surface area (Å²) in [7, 11) is 1.58. The van der Waals surface area contributed by atoms with Crippen molar-refractivity contribution < 1.29 is 9.53 Å². The molecule has 3 aromatic rings. The molecule has 0 aliphatic heterocycles. The van der Waals surface area contributed by atoms with Crippen molar-refractivity contribution in [3.8, 4) is 5.88 Å². The summed E-state index contributed by atoms with van der Waals surface area (Å²) < 4.78 is 6.94. The number of hydrogen-bond acceptors (Lipinski definition) is 5. The van der Waals surface area contributed by atoms with E-state index in [0.717, 1.165) is 35.1 Å². The van der Waals surface area contributed by atoms with Gasteiger partial charge in [0.2, 0.25) is 5.88 Å². The highest BCUT2D eigenvalue weighted by molar-refractivity contribution is 6.05. The maximum atomic E-state index is 12.9. The average Bonchev–Trinajstić information content (AvgIpc) is 3.44. The minimum Gasteiger partial charge on any atom is -0.481 e. The van der Waals surface area contributed by atoms with E-state index in [2.05, 4.69) is 29.2 Å². The minimum atomic E-state index is -0.122. The monoisotopic (exact) mass is 365 g/mol. The molecule has 3 heterocycles. The molecule has 0 atom stereocenters. The van der Waals surface area contributed by atoms with Crippen LogP contribution in [0.25, 0.3) is 11.0 Å². The maximum absolute atomic E-state index is 12.9. The summed E-state index contributed by atoms with van der Waals surface area (Å²) in [5.74, 6) is 0.891. The SMILES string of the molecule is COc1ccc(CNC(=O)c2cc(C3CC3)nc3c2cnn3C(C)C)cn1. The highest BCUT2D eigenvalue weighted by atomic mass is 16.5. The number of amides is 1. The zero-order chi connectivity index (χ0) is 19.0. The van der Waals surface area contributed by atoms with E-state index in [1.54, 1.807) is 25.6 Å². The second kappa shape index (κ2) is 6.98. The predicted molar refractivity (Wildman–Crippen MR) is 102 cm³/mol. The standard InChI is InChI=1S/C20H23N5O2/c1-12(2)25-19-16(11-23-25)15(8-17(24-19)14-5-6-14)20(26)22-10-13-4-7-18(27-3)21-9-13/h4,7-9,11-12,14H,5-6,10H2,1-3H3,(H,22,26). The number of fused-ring (bicyclic) bond motifs is 1. The van der Waals surface area contributed by atoms with Gasteiger partial charge in [0.05, 0.1) is 24.3 Å². The number of nitrogens with zero attached hydrogens (tertiary/aromatic N) is 4. The van der Waals surface area contributed by atoms with Crippen LogP contribution < -0.4 is 10.1 Å². The van der Waals surface area contributed by atoms with Crippen molar-refractivity contribution in [2.24, 2.45) is 0 Å². The van der Waals surface area contributed by atoms with Gasteiger partial charge in [-0.05, 0) is 38.3 Å². The van der Waals surface area contributed by atoms with E-state index < -0.39 is 0 Å². The summed E-state index contributed by atoms with van der Waals surface area (Å²) in [6, 6.07) is 5.78. The van der Waals surface area contributed by atoms with Crippen molar-refractivity contribution in [3.05, 3.63) is 47.4 Å². The Morgan fingerprint density at radius 2 is 2.15 bits per heavy atom. The van der Waals surface area contributed by atoms with E-state index >= 15 is 0 Å². The molecule has 1 N–H and O–H groups in total. The molecule has 0 unspecified atom stereocenters. The van der Waals surface area contributed by atoms with Gasteiger partial charge in [-0.3, -0.25) is 4.79 Å². The Balaban J connectivity index is 1.62. The molecule has 1 fully saturated rings. The van der Waals surface area contributed by atoms with Crippen LogP contribution in [0.1, 0.15) is 60.3 Å². The van der Waals surface area contributed by atoms with Crippen LogP contribution in [0.4, 0.5) is 0 Å². The number of aromatic nitrogens is 4. The number of ether oxygens (including phenoxy) is 1. The summed E-state index contributed by atoms with van der Waals surface area (Å²) in [6.07, 6.45) is 5.70. The Morgan fingerprint density at radius 3 is 2.78 bits per heavy atom. The Morgan fingerprint density at radius 1 is 1.33 bits per heavy atom. The molecule has 3 aromatic heterocycles. The number of methoxy groups -OCH3 is 1. The van der Waals surface area contributed by atoms with Gasteiger partial charge in [0.25, 0.3) is 5.91 Å². The predicted octanol–water partition coefficient (Wildman–Crippen LogP) is 3.22. The second-order valence-electron chi connectivity index (χ2n) is 7.18. The summed E-state index contributed by atoms with van der Waals surface area (Å²) in [5, 5.41) is 8.22. The quantitative estimate of drug-likeness (QED) is 0.725. The second-order valence-corrected chi connectivity index (χ2v) is 7.18. The molecule has 27 heavy (non-hydrogen) atoms. The van der Waals surface area contributed by atoms with E-state index in [-0.39, 0.29) is 11.9 Å². The highest BCUT2D eigenvalue weighted by Gasteiger charge is 2.28. The summed E-state index contributed by atoms with van der Waals surface area (Å²) >= 11 is 0. The van der Waals surface area contributed by atoms with Crippen molar-refractivity contribution in [1.29, 1.82) is 0 Å². The highest BCUT2D eigenvalue weighted by Crippen LogP contribution is 2.40. The molecular formula is C20H23N5O2. The molecular weight excluding hydrogens is 342 g/mol. The molecule has 140 valence electrons. The summed E-state index contributed by atoms with van der Waals surface area (Å²) in [4.78, 5) is 21.9. The molecule has 0 bridgehead atoms. The normalized spacial score (nSPS) is 13.9. The number of rotatable bonds is 6. The summed E-state index contributed by atoms with van der Waals surface area (Å²) in [5.41, 5.74) is 3.32. The topological polar surface area (TPSA) is 81.9 Å². The molecule has 1 aliphatic carbocycles. The van der Waals surface area contributed by atoms with Gasteiger partial charge >= 0.3 is 0 Å². The van der Waals surface area contributed by atoms with Crippen LogP contribution in [0.15, 0.2) is 30.6 Å². The smallest absolute Gasteiger partial charge is 0.252 e. The third-order valence-electron chi connectivity index (χ3n) is 4.78. The van der Waals surface area contributed by atoms with Crippen LogP contribution in [0.3, 0.4) is 0 Å². The number of nitrogens with one attached hydrogen (secondary N) is 1. The zero-order valence-corrected chi connectivity index (χ0v) is 15.8. The average molecular weight is 365 g/mol. The van der Waals surface area contributed by atoms with E-state index in [1.807, 2.05) is 16.8 Å². The van der Waals surface area contributed by atoms with Crippen molar-refractivity contribution in [3.63, 3.8) is 0 Å². The Hall–Kier alpha value is -2.96. The minimum absolute atomic E-state index is 0.122. The van der Waals surface area contributed by atoms with Gasteiger partial charge in [0.1, 0.15) is 0 Å². The Kier molecular flexibility index (Phi) is 4.51. The van der Waals surface area contributed by atoms with E-state index in [4.69, 9.17) is 9.72 Å². The lowest BCUT2D eigenvalue weighted by atomic mass is 10.1. The molecule has 7 nitrogen and oxygen atoms in total. The van der Waals surface area contributed by atoms with Crippen LogP contribution in [0.2, 0.25) is 0 Å². The van der Waals surface area contributed by atoms with E-state index in [0.29, 0.717) is 23.9 Å². The fourth-order valence-corrected chi connectivity index (χ4v) is 3.11. The third kappa shape index (κ3) is 3.49. The van der Waals surface area contributed by atoms with Gasteiger partial charge in [0, 0.05) is 36.5 Å². The fraction of sp³-hybridized carbons (Fsp3) is 0.400. The third-order valence-corrected chi connectivity index (χ3v) is 4.78. The van der Waals surface area contributed by atoms with Crippen LogP contribution >= 0.6 is 0 Å². The number of carbonyl (C=O) groups is 1. The molecule has 1 amide bonds. The van der Waals surface area contributed by atoms with Gasteiger partial charge in [-0.15, -0.1) is 0 Å². The molecule has 0 saturated heterocycles. The van der Waals surface area contributed by atoms with Crippen molar-refractivity contribution >= 4 is 16.9 Å². The number of carbonyl (C=O) groups excluding carboxylic acids is 1. The van der Waals surface area contributed by atoms with Crippen LogP contribution in [-0.2, 0) is 6.54 Å². The molecule has 7 heteroatoms. The lowest BCUT2D eigenvalue weighted by molar-refractivity contribution is 0.0952. The summed E-state index contributed by atoms with van der Waals surface area (Å²) in [6.45, 7) is 4.53. The largest absolute Gasteiger partial charge is 0.481 e. The van der Waals surface area contributed by atoms with Crippen LogP contribution in [0.5, 0.6) is 5.88 Å². The number of hydrogen-bond donors (Lipinski definition) is 1. The van der Waals surface area contributed by atoms with Gasteiger partial charge in [-0.2, -0.15) is 5.10 Å². The first-order valence-corrected chi connectivity index (χ1v) is 9.22. The maximum Gasteiger partial charge on any atom is 0.252 e. The molecule has 1 aliphatic rings. The fourth-order valence-electron chi connectivity index (χ4n) is 3.11. The molecule has 0 radical (unpaired) electrons. The molecule has 1 saturated carbocycles. The van der Waals surface area contributed by atoms with Gasteiger partial charge in [-0.25, -0.2) is 14.6 Å². The van der Waals surface area contributed by atoms with Crippen molar-refractivity contribution in [1.82, 2.24) is 25.1 Å². The lowest BCUT2D eigenvalue weighted by Crippen LogP contribution is -2.23. The van der Waals surface area contributed by atoms with Crippen molar-refractivity contribution in [2.75, 3.05) is 7.11 Å². The van der Waals surface area contributed by atoms with Crippen LogP contribution in [0, 0.1) is 0 Å². The molecule has 0 spiro atoms. The first kappa shape index (κ1) is 17.5. The Bertz CT molecular complexity index is 974. The first-order chi connectivity index (χ1) is 13.1. The molecule has 4 rings (SSSR count).